The summed E-state index contributed by atoms with van der Waals surface area (Å²) in [5.74, 6) is -1.76. The lowest BCUT2D eigenvalue weighted by molar-refractivity contribution is -0.123. The summed E-state index contributed by atoms with van der Waals surface area (Å²) in [6.45, 7) is 16.5. The van der Waals surface area contributed by atoms with Crippen molar-refractivity contribution in [3.63, 3.8) is 0 Å². The molecule has 0 bridgehead atoms. The van der Waals surface area contributed by atoms with E-state index in [1.165, 1.54) is 19.2 Å². The highest BCUT2D eigenvalue weighted by Crippen LogP contribution is 2.24. The normalized spacial score (nSPS) is 15.9. The number of hydrogen-bond donors (Lipinski definition) is 3. The van der Waals surface area contributed by atoms with Gasteiger partial charge in [-0.05, 0) is 45.2 Å². The minimum Gasteiger partial charge on any atom is -0.373 e. The minimum atomic E-state index is -3.64. The van der Waals surface area contributed by atoms with E-state index in [1.54, 1.807) is 0 Å². The average Bonchev–Trinajstić information content (AvgIpc) is 3.38. The number of carbonyl (C=O) groups excluding carboxylic acids is 1. The zero-order valence-electron chi connectivity index (χ0n) is 23.4. The van der Waals surface area contributed by atoms with E-state index in [0.717, 1.165) is 37.9 Å². The molecule has 1 aliphatic rings. The molecule has 1 fully saturated rings. The van der Waals surface area contributed by atoms with Crippen LogP contribution < -0.4 is 10.0 Å². The van der Waals surface area contributed by atoms with Crippen molar-refractivity contribution < 1.29 is 24.8 Å². The SMILES string of the molecule is C=C(C[C@H](NS(=O)(=O)CC)C(=O)NCc1ncc(-c2ccc(F)cc2F)[nH]1)N1CCCC[C@@H]1C.CC.CC.[HH].[HH]. The number of aromatic amines is 1. The van der Waals surface area contributed by atoms with Crippen LogP contribution >= 0.6 is 0 Å². The van der Waals surface area contributed by atoms with Crippen LogP contribution in [0.3, 0.4) is 0 Å². The lowest BCUT2D eigenvalue weighted by atomic mass is 10.0. The average molecular weight is 560 g/mol. The van der Waals surface area contributed by atoms with Crippen LogP contribution in [0.25, 0.3) is 11.3 Å². The number of aromatic nitrogens is 2. The molecule has 1 aromatic heterocycles. The van der Waals surface area contributed by atoms with E-state index >= 15 is 0 Å². The summed E-state index contributed by atoms with van der Waals surface area (Å²) in [5, 5.41) is 2.68. The van der Waals surface area contributed by atoms with Gasteiger partial charge in [-0.25, -0.2) is 26.9 Å². The molecule has 0 radical (unpaired) electrons. The Balaban J connectivity index is 0. The lowest BCUT2D eigenvalue weighted by Gasteiger charge is -2.37. The number of benzene rings is 1. The van der Waals surface area contributed by atoms with Gasteiger partial charge in [-0.15, -0.1) is 0 Å². The molecule has 1 aliphatic heterocycles. The topological polar surface area (TPSA) is 107 Å². The zero-order chi connectivity index (χ0) is 28.9. The molecule has 0 saturated carbocycles. The molecule has 0 spiro atoms. The molecule has 2 heterocycles. The molecule has 0 aliphatic carbocycles. The molecule has 1 amide bonds. The number of amides is 1. The Hall–Kier alpha value is -2.79. The van der Waals surface area contributed by atoms with Crippen LogP contribution in [0.2, 0.25) is 0 Å². The summed E-state index contributed by atoms with van der Waals surface area (Å²) < 4.78 is 54.1. The van der Waals surface area contributed by atoms with E-state index in [2.05, 4.69) is 38.4 Å². The van der Waals surface area contributed by atoms with Crippen molar-refractivity contribution in [2.45, 2.75) is 85.9 Å². The van der Waals surface area contributed by atoms with Gasteiger partial charge in [-0.2, -0.15) is 0 Å². The largest absolute Gasteiger partial charge is 0.373 e. The van der Waals surface area contributed by atoms with Crippen molar-refractivity contribution in [2.24, 2.45) is 0 Å². The predicted molar refractivity (Wildman–Crippen MR) is 153 cm³/mol. The van der Waals surface area contributed by atoms with Crippen molar-refractivity contribution in [1.29, 1.82) is 0 Å². The molecule has 3 rings (SSSR count). The van der Waals surface area contributed by atoms with E-state index in [0.29, 0.717) is 17.2 Å². The summed E-state index contributed by atoms with van der Waals surface area (Å²) in [6.07, 6.45) is 4.70. The first kappa shape index (κ1) is 33.2. The molecule has 2 atom stereocenters. The van der Waals surface area contributed by atoms with Crippen LogP contribution in [-0.4, -0.2) is 53.6 Å². The van der Waals surface area contributed by atoms with Gasteiger partial charge in [0.15, 0.2) is 0 Å². The molecule has 2 aromatic rings. The number of H-pyrrole nitrogens is 1. The molecule has 11 heteroatoms. The Labute approximate surface area is 229 Å². The van der Waals surface area contributed by atoms with Crippen molar-refractivity contribution in [1.82, 2.24) is 24.9 Å². The molecule has 1 saturated heterocycles. The van der Waals surface area contributed by atoms with Gasteiger partial charge in [0.05, 0.1) is 24.2 Å². The quantitative estimate of drug-likeness (QED) is 0.351. The third-order valence-corrected chi connectivity index (χ3v) is 7.35. The van der Waals surface area contributed by atoms with Crippen molar-refractivity contribution in [3.8, 4) is 11.3 Å². The van der Waals surface area contributed by atoms with Gasteiger partial charge < -0.3 is 15.2 Å². The number of rotatable bonds is 10. The van der Waals surface area contributed by atoms with Crippen LogP contribution in [0.1, 0.15) is 75.9 Å². The fraction of sp³-hybridized carbons (Fsp3) is 0.556. The number of carbonyl (C=O) groups is 1. The third-order valence-electron chi connectivity index (χ3n) is 5.95. The van der Waals surface area contributed by atoms with Gasteiger partial charge in [0.2, 0.25) is 15.9 Å². The molecule has 0 unspecified atom stereocenters. The highest BCUT2D eigenvalue weighted by molar-refractivity contribution is 7.89. The zero-order valence-corrected chi connectivity index (χ0v) is 24.2. The van der Waals surface area contributed by atoms with Gasteiger partial charge in [-0.3, -0.25) is 4.79 Å². The first-order valence-corrected chi connectivity index (χ1v) is 15.0. The van der Waals surface area contributed by atoms with Crippen LogP contribution in [0.4, 0.5) is 8.78 Å². The van der Waals surface area contributed by atoms with Gasteiger partial charge >= 0.3 is 0 Å². The maximum atomic E-state index is 14.0. The Morgan fingerprint density at radius 1 is 1.26 bits per heavy atom. The number of nitrogens with one attached hydrogen (secondary N) is 3. The summed E-state index contributed by atoms with van der Waals surface area (Å²) >= 11 is 0. The number of piperidine rings is 1. The highest BCUT2D eigenvalue weighted by atomic mass is 32.2. The number of likely N-dealkylation sites (tertiary alicyclic amines) is 1. The number of hydrogen-bond acceptors (Lipinski definition) is 5. The number of halogens is 2. The molecular weight excluding hydrogens is 512 g/mol. The second-order valence-electron chi connectivity index (χ2n) is 8.47. The Morgan fingerprint density at radius 3 is 2.55 bits per heavy atom. The monoisotopic (exact) mass is 559 g/mol. The number of imidazole rings is 1. The fourth-order valence-corrected chi connectivity index (χ4v) is 4.79. The van der Waals surface area contributed by atoms with Crippen LogP contribution in [0.15, 0.2) is 36.7 Å². The van der Waals surface area contributed by atoms with Crippen molar-refractivity contribution in [3.05, 3.63) is 54.1 Å². The van der Waals surface area contributed by atoms with Gasteiger partial charge in [-0.1, -0.05) is 34.3 Å². The van der Waals surface area contributed by atoms with Gasteiger partial charge in [0.1, 0.15) is 23.5 Å². The highest BCUT2D eigenvalue weighted by Gasteiger charge is 2.28. The second kappa shape index (κ2) is 16.2. The maximum absolute atomic E-state index is 14.0. The van der Waals surface area contributed by atoms with Gasteiger partial charge in [0.25, 0.3) is 0 Å². The first-order valence-electron chi connectivity index (χ1n) is 13.3. The summed E-state index contributed by atoms with van der Waals surface area (Å²) in [7, 11) is -3.64. The Kier molecular flexibility index (Phi) is 14.2. The molecule has 218 valence electrons. The minimum absolute atomic E-state index is 0. The fourth-order valence-electron chi connectivity index (χ4n) is 4.00. The predicted octanol–water partition coefficient (Wildman–Crippen LogP) is 5.60. The summed E-state index contributed by atoms with van der Waals surface area (Å²) in [5.41, 5.74) is 1.18. The van der Waals surface area contributed by atoms with Crippen LogP contribution in [0, 0.1) is 11.6 Å². The summed E-state index contributed by atoms with van der Waals surface area (Å²) in [6, 6.07) is 2.46. The smallest absolute Gasteiger partial charge is 0.238 e. The van der Waals surface area contributed by atoms with E-state index in [9.17, 15) is 22.0 Å². The maximum Gasteiger partial charge on any atom is 0.238 e. The van der Waals surface area contributed by atoms with Crippen LogP contribution in [0.5, 0.6) is 0 Å². The Bertz CT molecular complexity index is 1150. The summed E-state index contributed by atoms with van der Waals surface area (Å²) in [4.78, 5) is 22.1. The van der Waals surface area contributed by atoms with Crippen LogP contribution in [-0.2, 0) is 21.4 Å². The molecule has 38 heavy (non-hydrogen) atoms. The standard InChI is InChI=1S/C23H31F2N5O3S.2C2H6.2H2/c1-4-34(32,33)29-20(11-16(3)30-10-6-5-7-15(30)2)23(31)27-14-22-26-13-21(28-22)18-9-8-17(24)12-19(18)25;2*1-2;;/h8-9,12-13,15,20,29H,3-7,10-11,14H2,1-2H3,(H,26,28)(H,27,31);2*1-2H3;2*1H/t15-,20-;;;;/m0..../s1. The van der Waals surface area contributed by atoms with E-state index in [4.69, 9.17) is 0 Å². The van der Waals surface area contributed by atoms with E-state index < -0.39 is 33.6 Å². The first-order chi connectivity index (χ1) is 18.1. The molecule has 8 nitrogen and oxygen atoms in total. The molecule has 1 aromatic carbocycles. The van der Waals surface area contributed by atoms with E-state index in [-0.39, 0.29) is 33.2 Å². The molecule has 3 N–H and O–H groups in total. The van der Waals surface area contributed by atoms with Crippen molar-refractivity contribution >= 4 is 15.9 Å². The second-order valence-corrected chi connectivity index (χ2v) is 10.5. The van der Waals surface area contributed by atoms with E-state index in [1.807, 2.05) is 27.7 Å². The third kappa shape index (κ3) is 9.83. The number of sulfonamides is 1. The molecular formula is C27H47F2N5O3S. The lowest BCUT2D eigenvalue weighted by Crippen LogP contribution is -2.48. The Morgan fingerprint density at radius 2 is 1.95 bits per heavy atom. The number of nitrogens with zero attached hydrogens (tertiary/aromatic N) is 2. The van der Waals surface area contributed by atoms with Crippen molar-refractivity contribution in [2.75, 3.05) is 12.3 Å². The van der Waals surface area contributed by atoms with Gasteiger partial charge in [0, 0.05) is 39.2 Å².